The number of hydrogen-bond acceptors (Lipinski definition) is 3. The second-order valence-corrected chi connectivity index (χ2v) is 4.25. The van der Waals surface area contributed by atoms with E-state index in [1.54, 1.807) is 6.92 Å². The summed E-state index contributed by atoms with van der Waals surface area (Å²) in [4.78, 5) is 22.2. The van der Waals surface area contributed by atoms with Crippen molar-refractivity contribution in [3.63, 3.8) is 0 Å². The molecule has 1 saturated carbocycles. The third-order valence-corrected chi connectivity index (χ3v) is 2.89. The third-order valence-electron chi connectivity index (χ3n) is 2.89. The summed E-state index contributed by atoms with van der Waals surface area (Å²) in [7, 11) is 0. The molecule has 1 fully saturated rings. The Balaban J connectivity index is 2.32. The van der Waals surface area contributed by atoms with Crippen LogP contribution in [0.1, 0.15) is 32.6 Å². The minimum Gasteiger partial charge on any atom is -0.369 e. The smallest absolute Gasteiger partial charge is 0.236 e. The van der Waals surface area contributed by atoms with E-state index in [9.17, 15) is 9.59 Å². The lowest BCUT2D eigenvalue weighted by atomic mass is 9.85. The molecule has 0 saturated heterocycles. The van der Waals surface area contributed by atoms with Crippen molar-refractivity contribution in [3.05, 3.63) is 0 Å². The Kier molecular flexibility index (Phi) is 4.08. The summed E-state index contributed by atoms with van der Waals surface area (Å²) in [5.41, 5.74) is 10.7. The summed E-state index contributed by atoms with van der Waals surface area (Å²) >= 11 is 0. The molecule has 2 amide bonds. The fraction of sp³-hybridized carbons (Fsp3) is 0.800. The quantitative estimate of drug-likeness (QED) is 0.589. The summed E-state index contributed by atoms with van der Waals surface area (Å²) in [6.45, 7) is 1.66. The van der Waals surface area contributed by atoms with Gasteiger partial charge in [0.2, 0.25) is 11.8 Å². The zero-order valence-electron chi connectivity index (χ0n) is 9.03. The summed E-state index contributed by atoms with van der Waals surface area (Å²) in [6, 6.07) is -0.321. The van der Waals surface area contributed by atoms with Gasteiger partial charge >= 0.3 is 0 Å². The van der Waals surface area contributed by atoms with Crippen LogP contribution in [-0.4, -0.2) is 23.9 Å². The lowest BCUT2D eigenvalue weighted by Gasteiger charge is -2.27. The number of rotatable bonds is 3. The molecule has 5 heteroatoms. The predicted octanol–water partition coefficient (Wildman–Crippen LogP) is -0.506. The van der Waals surface area contributed by atoms with Gasteiger partial charge in [0.25, 0.3) is 0 Å². The molecule has 0 radical (unpaired) electrons. The molecule has 86 valence electrons. The molecule has 0 bridgehead atoms. The van der Waals surface area contributed by atoms with Gasteiger partial charge in [0.05, 0.1) is 6.04 Å². The molecular weight excluding hydrogens is 194 g/mol. The first-order valence-corrected chi connectivity index (χ1v) is 5.36. The molecule has 1 rings (SSSR count). The van der Waals surface area contributed by atoms with Gasteiger partial charge in [0.15, 0.2) is 0 Å². The molecule has 5 nitrogen and oxygen atoms in total. The molecule has 1 aliphatic carbocycles. The van der Waals surface area contributed by atoms with Crippen molar-refractivity contribution in [1.82, 2.24) is 5.32 Å². The van der Waals surface area contributed by atoms with Crippen LogP contribution in [0.15, 0.2) is 0 Å². The Hall–Kier alpha value is -1.10. The molecule has 0 heterocycles. The van der Waals surface area contributed by atoms with Gasteiger partial charge in [-0.1, -0.05) is 0 Å². The largest absolute Gasteiger partial charge is 0.369 e. The molecule has 1 aliphatic rings. The summed E-state index contributed by atoms with van der Waals surface area (Å²) in [6.07, 6.45) is 3.15. The van der Waals surface area contributed by atoms with E-state index in [2.05, 4.69) is 5.32 Å². The minimum absolute atomic E-state index is 0.0200. The van der Waals surface area contributed by atoms with Gasteiger partial charge in [0.1, 0.15) is 0 Å². The maximum atomic E-state index is 11.3. The molecule has 0 aromatic heterocycles. The maximum Gasteiger partial charge on any atom is 0.236 e. The average Bonchev–Trinajstić information content (AvgIpc) is 2.18. The third kappa shape index (κ3) is 3.51. The van der Waals surface area contributed by atoms with Gasteiger partial charge in [-0.3, -0.25) is 9.59 Å². The Morgan fingerprint density at radius 3 is 2.20 bits per heavy atom. The van der Waals surface area contributed by atoms with Crippen molar-refractivity contribution in [2.45, 2.75) is 44.7 Å². The first kappa shape index (κ1) is 12.0. The van der Waals surface area contributed by atoms with Crippen LogP contribution in [0.5, 0.6) is 0 Å². The van der Waals surface area contributed by atoms with Gasteiger partial charge < -0.3 is 16.8 Å². The topological polar surface area (TPSA) is 98.2 Å². The van der Waals surface area contributed by atoms with Crippen LogP contribution in [0.3, 0.4) is 0 Å². The normalized spacial score (nSPS) is 28.1. The molecule has 15 heavy (non-hydrogen) atoms. The van der Waals surface area contributed by atoms with Crippen LogP contribution in [0, 0.1) is 5.92 Å². The molecule has 5 N–H and O–H groups in total. The van der Waals surface area contributed by atoms with Gasteiger partial charge in [-0.15, -0.1) is 0 Å². The molecule has 0 aliphatic heterocycles. The zero-order chi connectivity index (χ0) is 11.4. The Labute approximate surface area is 89.6 Å². The highest BCUT2D eigenvalue weighted by molar-refractivity contribution is 5.81. The molecule has 0 aromatic carbocycles. The van der Waals surface area contributed by atoms with E-state index in [-0.39, 0.29) is 23.8 Å². The van der Waals surface area contributed by atoms with E-state index in [1.165, 1.54) is 0 Å². The van der Waals surface area contributed by atoms with Crippen LogP contribution in [0.4, 0.5) is 0 Å². The van der Waals surface area contributed by atoms with Crippen LogP contribution >= 0.6 is 0 Å². The standard InChI is InChI=1S/C10H19N3O2/c1-6(11)10(15)13-8-4-2-7(3-5-8)9(12)14/h6-8H,2-5,11H2,1H3,(H2,12,14)(H,13,15)/t6-,7?,8?/m0/s1. The van der Waals surface area contributed by atoms with Crippen molar-refractivity contribution in [1.29, 1.82) is 0 Å². The van der Waals surface area contributed by atoms with Gasteiger partial charge in [-0.05, 0) is 32.6 Å². The fourth-order valence-corrected chi connectivity index (χ4v) is 1.85. The van der Waals surface area contributed by atoms with Crippen molar-refractivity contribution in [2.24, 2.45) is 17.4 Å². The van der Waals surface area contributed by atoms with Gasteiger partial charge in [-0.2, -0.15) is 0 Å². The molecule has 0 aromatic rings. The molecular formula is C10H19N3O2. The SMILES string of the molecule is C[C@H](N)C(=O)NC1CCC(C(N)=O)CC1. The highest BCUT2D eigenvalue weighted by atomic mass is 16.2. The highest BCUT2D eigenvalue weighted by Crippen LogP contribution is 2.23. The average molecular weight is 213 g/mol. The number of hydrogen-bond donors (Lipinski definition) is 3. The molecule has 0 unspecified atom stereocenters. The van der Waals surface area contributed by atoms with E-state index in [0.717, 1.165) is 25.7 Å². The van der Waals surface area contributed by atoms with Crippen molar-refractivity contribution in [3.8, 4) is 0 Å². The Bertz CT molecular complexity index is 245. The Morgan fingerprint density at radius 2 is 1.80 bits per heavy atom. The number of carbonyl (C=O) groups excluding carboxylic acids is 2. The number of carbonyl (C=O) groups is 2. The molecule has 0 spiro atoms. The second kappa shape index (κ2) is 5.11. The fourth-order valence-electron chi connectivity index (χ4n) is 1.85. The van der Waals surface area contributed by atoms with E-state index in [4.69, 9.17) is 11.5 Å². The van der Waals surface area contributed by atoms with Crippen LogP contribution in [0.2, 0.25) is 0 Å². The summed E-state index contributed by atoms with van der Waals surface area (Å²) in [5, 5.41) is 2.86. The second-order valence-electron chi connectivity index (χ2n) is 4.25. The van der Waals surface area contributed by atoms with E-state index in [1.807, 2.05) is 0 Å². The van der Waals surface area contributed by atoms with E-state index in [0.29, 0.717) is 0 Å². The predicted molar refractivity (Wildman–Crippen MR) is 56.7 cm³/mol. The zero-order valence-corrected chi connectivity index (χ0v) is 9.03. The Morgan fingerprint density at radius 1 is 1.27 bits per heavy atom. The van der Waals surface area contributed by atoms with Crippen LogP contribution in [-0.2, 0) is 9.59 Å². The first-order chi connectivity index (χ1) is 7.00. The van der Waals surface area contributed by atoms with Gasteiger partial charge in [-0.25, -0.2) is 0 Å². The summed E-state index contributed by atoms with van der Waals surface area (Å²) in [5.74, 6) is -0.377. The van der Waals surface area contributed by atoms with E-state index >= 15 is 0 Å². The van der Waals surface area contributed by atoms with Crippen molar-refractivity contribution in [2.75, 3.05) is 0 Å². The molecule has 1 atom stereocenters. The maximum absolute atomic E-state index is 11.3. The lowest BCUT2D eigenvalue weighted by molar-refractivity contribution is -0.123. The van der Waals surface area contributed by atoms with Crippen molar-refractivity contribution < 1.29 is 9.59 Å². The van der Waals surface area contributed by atoms with Crippen LogP contribution in [0.25, 0.3) is 0 Å². The lowest BCUT2D eigenvalue weighted by Crippen LogP contribution is -2.45. The van der Waals surface area contributed by atoms with Gasteiger partial charge in [0, 0.05) is 12.0 Å². The van der Waals surface area contributed by atoms with Crippen molar-refractivity contribution >= 4 is 11.8 Å². The number of primary amides is 1. The highest BCUT2D eigenvalue weighted by Gasteiger charge is 2.25. The van der Waals surface area contributed by atoms with E-state index < -0.39 is 6.04 Å². The minimum atomic E-state index is -0.473. The number of nitrogens with two attached hydrogens (primary N) is 2. The number of amides is 2. The van der Waals surface area contributed by atoms with Crippen LogP contribution < -0.4 is 16.8 Å². The first-order valence-electron chi connectivity index (χ1n) is 5.36. The monoisotopic (exact) mass is 213 g/mol. The summed E-state index contributed by atoms with van der Waals surface area (Å²) < 4.78 is 0. The number of nitrogens with one attached hydrogen (secondary N) is 1.